The second kappa shape index (κ2) is 5.41. The van der Waals surface area contributed by atoms with Gasteiger partial charge in [-0.1, -0.05) is 17.7 Å². The van der Waals surface area contributed by atoms with E-state index >= 15 is 0 Å². The molecule has 1 aliphatic rings. The maximum atomic E-state index is 11.0. The van der Waals surface area contributed by atoms with E-state index in [0.717, 1.165) is 36.6 Å². The molecule has 0 saturated carbocycles. The summed E-state index contributed by atoms with van der Waals surface area (Å²) < 4.78 is 0. The van der Waals surface area contributed by atoms with Gasteiger partial charge in [0.1, 0.15) is 0 Å². The van der Waals surface area contributed by atoms with Crippen LogP contribution in [0.5, 0.6) is 0 Å². The van der Waals surface area contributed by atoms with Crippen LogP contribution in [0.2, 0.25) is 5.02 Å². The number of anilines is 1. The van der Waals surface area contributed by atoms with E-state index in [1.54, 1.807) is 0 Å². The van der Waals surface area contributed by atoms with Crippen LogP contribution in [0.3, 0.4) is 0 Å². The molecule has 1 atom stereocenters. The number of carboxylic acids is 1. The highest BCUT2D eigenvalue weighted by Gasteiger charge is 2.22. The van der Waals surface area contributed by atoms with Crippen LogP contribution in [0, 0.1) is 5.92 Å². The van der Waals surface area contributed by atoms with Gasteiger partial charge in [-0.25, -0.2) is 0 Å². The molecule has 4 heteroatoms. The third-order valence-corrected chi connectivity index (χ3v) is 3.49. The highest BCUT2D eigenvalue weighted by Crippen LogP contribution is 2.24. The molecule has 1 aromatic carbocycles. The summed E-state index contributed by atoms with van der Waals surface area (Å²) in [6, 6.07) is 7.73. The molecule has 3 nitrogen and oxygen atoms in total. The van der Waals surface area contributed by atoms with Gasteiger partial charge in [0.2, 0.25) is 0 Å². The van der Waals surface area contributed by atoms with E-state index in [2.05, 4.69) is 4.90 Å². The first-order chi connectivity index (χ1) is 8.16. The Hall–Kier alpha value is -1.22. The second-order valence-electron chi connectivity index (χ2n) is 4.43. The molecule has 0 aliphatic carbocycles. The van der Waals surface area contributed by atoms with E-state index in [1.807, 2.05) is 24.3 Å². The van der Waals surface area contributed by atoms with Gasteiger partial charge in [-0.3, -0.25) is 4.79 Å². The van der Waals surface area contributed by atoms with Crippen LogP contribution < -0.4 is 4.90 Å². The van der Waals surface area contributed by atoms with Crippen molar-refractivity contribution in [3.8, 4) is 0 Å². The van der Waals surface area contributed by atoms with Crippen LogP contribution >= 0.6 is 11.6 Å². The van der Waals surface area contributed by atoms with Crippen molar-refractivity contribution in [2.24, 2.45) is 5.92 Å². The number of carboxylic acid groups (broad SMARTS) is 1. The zero-order valence-electron chi connectivity index (χ0n) is 9.60. The average Bonchev–Trinajstić information content (AvgIpc) is 2.54. The number of rotatable bonds is 2. The van der Waals surface area contributed by atoms with Gasteiger partial charge < -0.3 is 10.0 Å². The fourth-order valence-electron chi connectivity index (χ4n) is 2.27. The van der Waals surface area contributed by atoms with E-state index < -0.39 is 5.97 Å². The first kappa shape index (κ1) is 12.2. The van der Waals surface area contributed by atoms with Crippen molar-refractivity contribution in [3.05, 3.63) is 29.3 Å². The second-order valence-corrected chi connectivity index (χ2v) is 4.87. The number of hydrogen-bond acceptors (Lipinski definition) is 2. The minimum absolute atomic E-state index is 0.195. The molecule has 1 aromatic rings. The number of benzene rings is 1. The van der Waals surface area contributed by atoms with E-state index in [4.69, 9.17) is 16.7 Å². The first-order valence-corrected chi connectivity index (χ1v) is 6.28. The number of nitrogens with zero attached hydrogens (tertiary/aromatic N) is 1. The molecular weight excluding hydrogens is 238 g/mol. The van der Waals surface area contributed by atoms with Crippen LogP contribution in [0.15, 0.2) is 24.3 Å². The van der Waals surface area contributed by atoms with Gasteiger partial charge in [-0.15, -0.1) is 0 Å². The van der Waals surface area contributed by atoms with Crippen molar-refractivity contribution in [1.82, 2.24) is 0 Å². The molecule has 0 radical (unpaired) electrons. The van der Waals surface area contributed by atoms with Crippen LogP contribution in [0.25, 0.3) is 0 Å². The Labute approximate surface area is 106 Å². The third-order valence-electron chi connectivity index (χ3n) is 3.25. The smallest absolute Gasteiger partial charge is 0.306 e. The average molecular weight is 254 g/mol. The highest BCUT2D eigenvalue weighted by molar-refractivity contribution is 6.30. The van der Waals surface area contributed by atoms with Gasteiger partial charge in [0.25, 0.3) is 0 Å². The number of hydrogen-bond donors (Lipinski definition) is 1. The lowest BCUT2D eigenvalue weighted by Crippen LogP contribution is -2.24. The van der Waals surface area contributed by atoms with Crippen molar-refractivity contribution in [2.45, 2.75) is 19.3 Å². The molecule has 0 bridgehead atoms. The summed E-state index contributed by atoms with van der Waals surface area (Å²) in [6.45, 7) is 1.70. The van der Waals surface area contributed by atoms with Crippen molar-refractivity contribution < 1.29 is 9.90 Å². The normalized spacial score (nSPS) is 21.0. The van der Waals surface area contributed by atoms with Gasteiger partial charge in [-0.05, 0) is 37.5 Å². The van der Waals surface area contributed by atoms with E-state index in [0.29, 0.717) is 6.42 Å². The first-order valence-electron chi connectivity index (χ1n) is 5.90. The Morgan fingerprint density at radius 3 is 2.88 bits per heavy atom. The van der Waals surface area contributed by atoms with Crippen LogP contribution in [-0.2, 0) is 4.79 Å². The molecular formula is C13H16ClNO2. The molecule has 1 fully saturated rings. The summed E-state index contributed by atoms with van der Waals surface area (Å²) in [7, 11) is 0. The fourth-order valence-corrected chi connectivity index (χ4v) is 2.46. The van der Waals surface area contributed by atoms with E-state index in [9.17, 15) is 4.79 Å². The molecule has 1 aliphatic heterocycles. The summed E-state index contributed by atoms with van der Waals surface area (Å²) >= 11 is 5.96. The van der Waals surface area contributed by atoms with E-state index in [1.165, 1.54) is 0 Å². The van der Waals surface area contributed by atoms with Crippen molar-refractivity contribution in [3.63, 3.8) is 0 Å². The topological polar surface area (TPSA) is 40.5 Å². The summed E-state index contributed by atoms with van der Waals surface area (Å²) in [4.78, 5) is 13.2. The fraction of sp³-hybridized carbons (Fsp3) is 0.462. The zero-order valence-corrected chi connectivity index (χ0v) is 10.4. The Kier molecular flexibility index (Phi) is 3.89. The number of carbonyl (C=O) groups is 1. The minimum Gasteiger partial charge on any atom is -0.481 e. The van der Waals surface area contributed by atoms with Crippen molar-refractivity contribution in [1.29, 1.82) is 0 Å². The standard InChI is InChI=1S/C13H16ClNO2/c14-11-4-1-5-12(9-11)15-7-2-3-10(6-8-15)13(16)17/h1,4-5,9-10H,2-3,6-8H2,(H,16,17). The van der Waals surface area contributed by atoms with Gasteiger partial charge in [0.05, 0.1) is 5.92 Å². The molecule has 1 N–H and O–H groups in total. The lowest BCUT2D eigenvalue weighted by atomic mass is 10.0. The molecule has 0 amide bonds. The van der Waals surface area contributed by atoms with E-state index in [-0.39, 0.29) is 5.92 Å². The zero-order chi connectivity index (χ0) is 12.3. The Morgan fingerprint density at radius 2 is 2.18 bits per heavy atom. The summed E-state index contributed by atoms with van der Waals surface area (Å²) in [5, 5.41) is 9.75. The van der Waals surface area contributed by atoms with Crippen LogP contribution in [0.1, 0.15) is 19.3 Å². The third kappa shape index (κ3) is 3.13. The number of aliphatic carboxylic acids is 1. The Balaban J connectivity index is 2.06. The predicted octanol–water partition coefficient (Wildman–Crippen LogP) is 3.03. The van der Waals surface area contributed by atoms with Crippen molar-refractivity contribution >= 4 is 23.3 Å². The molecule has 0 spiro atoms. The summed E-state index contributed by atoms with van der Waals surface area (Å²) in [5.74, 6) is -0.864. The maximum absolute atomic E-state index is 11.0. The summed E-state index contributed by atoms with van der Waals surface area (Å²) in [6.07, 6.45) is 2.40. The monoisotopic (exact) mass is 253 g/mol. The largest absolute Gasteiger partial charge is 0.481 e. The Bertz CT molecular complexity index is 408. The summed E-state index contributed by atoms with van der Waals surface area (Å²) in [5.41, 5.74) is 1.09. The molecule has 92 valence electrons. The quantitative estimate of drug-likeness (QED) is 0.881. The maximum Gasteiger partial charge on any atom is 0.306 e. The number of halogens is 1. The molecule has 1 heterocycles. The van der Waals surface area contributed by atoms with Crippen LogP contribution in [0.4, 0.5) is 5.69 Å². The highest BCUT2D eigenvalue weighted by atomic mass is 35.5. The van der Waals surface area contributed by atoms with Gasteiger partial charge in [-0.2, -0.15) is 0 Å². The molecule has 1 unspecified atom stereocenters. The lowest BCUT2D eigenvalue weighted by molar-refractivity contribution is -0.142. The van der Waals surface area contributed by atoms with Crippen LogP contribution in [-0.4, -0.2) is 24.2 Å². The molecule has 1 saturated heterocycles. The van der Waals surface area contributed by atoms with Gasteiger partial charge in [0, 0.05) is 23.8 Å². The Morgan fingerprint density at radius 1 is 1.35 bits per heavy atom. The van der Waals surface area contributed by atoms with Crippen molar-refractivity contribution in [2.75, 3.05) is 18.0 Å². The minimum atomic E-state index is -0.669. The molecule has 0 aromatic heterocycles. The van der Waals surface area contributed by atoms with Gasteiger partial charge >= 0.3 is 5.97 Å². The molecule has 2 rings (SSSR count). The molecule has 17 heavy (non-hydrogen) atoms. The lowest BCUT2D eigenvalue weighted by Gasteiger charge is -2.22. The predicted molar refractivity (Wildman–Crippen MR) is 68.6 cm³/mol. The SMILES string of the molecule is O=C(O)C1CCCN(c2cccc(Cl)c2)CC1. The van der Waals surface area contributed by atoms with Gasteiger partial charge in [0.15, 0.2) is 0 Å².